The van der Waals surface area contributed by atoms with Crippen LogP contribution in [0.2, 0.25) is 0 Å². The van der Waals surface area contributed by atoms with Crippen LogP contribution in [0.1, 0.15) is 17.7 Å². The number of hydrogen-bond acceptors (Lipinski definition) is 6. The average molecular weight is 361 g/mol. The topological polar surface area (TPSA) is 145 Å². The van der Waals surface area contributed by atoms with Gasteiger partial charge < -0.3 is 25.1 Å². The van der Waals surface area contributed by atoms with Gasteiger partial charge in [-0.2, -0.15) is 0 Å². The number of carboxylic acids is 2. The van der Waals surface area contributed by atoms with Gasteiger partial charge >= 0.3 is 11.9 Å². The number of aromatic nitrogens is 2. The second kappa shape index (κ2) is 11.8. The maximum Gasteiger partial charge on any atom is 0.328 e. The van der Waals surface area contributed by atoms with Crippen LogP contribution < -0.4 is 4.74 Å². The third-order valence-corrected chi connectivity index (χ3v) is 2.87. The summed E-state index contributed by atoms with van der Waals surface area (Å²) in [5.74, 6) is -1.70. The third kappa shape index (κ3) is 9.50. The van der Waals surface area contributed by atoms with E-state index in [1.54, 1.807) is 6.33 Å². The molecule has 0 spiro atoms. The number of hydrogen-bond donors (Lipinski definition) is 4. The van der Waals surface area contributed by atoms with E-state index in [2.05, 4.69) is 15.1 Å². The van der Waals surface area contributed by atoms with Gasteiger partial charge in [0.25, 0.3) is 0 Å². The molecule has 2 rings (SSSR count). The Morgan fingerprint density at radius 1 is 1.15 bits per heavy atom. The first-order valence-electron chi connectivity index (χ1n) is 7.52. The van der Waals surface area contributed by atoms with Crippen molar-refractivity contribution >= 4 is 18.2 Å². The minimum atomic E-state index is -1.26. The van der Waals surface area contributed by atoms with Crippen molar-refractivity contribution < 1.29 is 29.7 Å². The highest BCUT2D eigenvalue weighted by molar-refractivity contribution is 5.89. The maximum absolute atomic E-state index is 9.55. The summed E-state index contributed by atoms with van der Waals surface area (Å²) in [6.07, 6.45) is 7.85. The van der Waals surface area contributed by atoms with Gasteiger partial charge in [-0.05, 0) is 42.7 Å². The summed E-state index contributed by atoms with van der Waals surface area (Å²) in [6.45, 7) is 0.659. The number of benzene rings is 1. The first-order valence-corrected chi connectivity index (χ1v) is 7.52. The van der Waals surface area contributed by atoms with Gasteiger partial charge in [0, 0.05) is 24.0 Å². The Morgan fingerprint density at radius 2 is 1.81 bits per heavy atom. The van der Waals surface area contributed by atoms with E-state index < -0.39 is 11.9 Å². The molecule has 0 aliphatic carbocycles. The fourth-order valence-corrected chi connectivity index (χ4v) is 1.73. The number of rotatable bonds is 8. The maximum atomic E-state index is 9.55. The van der Waals surface area contributed by atoms with Crippen molar-refractivity contribution in [2.45, 2.75) is 12.8 Å². The normalized spacial score (nSPS) is 10.5. The number of carbonyl (C=O) groups is 2. The minimum Gasteiger partial charge on any atom is -0.494 e. The monoisotopic (exact) mass is 361 g/mol. The quantitative estimate of drug-likeness (QED) is 0.185. The van der Waals surface area contributed by atoms with Crippen LogP contribution in [0.15, 0.2) is 54.1 Å². The molecule has 0 unspecified atom stereocenters. The number of nitrogens with one attached hydrogen (secondary N) is 1. The Hall–Kier alpha value is -3.62. The molecule has 26 heavy (non-hydrogen) atoms. The molecule has 0 aliphatic heterocycles. The van der Waals surface area contributed by atoms with E-state index in [1.807, 2.05) is 30.5 Å². The highest BCUT2D eigenvalue weighted by Crippen LogP contribution is 2.11. The lowest BCUT2D eigenvalue weighted by Gasteiger charge is -2.05. The van der Waals surface area contributed by atoms with Gasteiger partial charge in [0.05, 0.1) is 19.1 Å². The molecule has 0 aliphatic rings. The zero-order chi connectivity index (χ0) is 19.2. The predicted molar refractivity (Wildman–Crippen MR) is 92.6 cm³/mol. The molecule has 0 atom stereocenters. The lowest BCUT2D eigenvalue weighted by Crippen LogP contribution is -1.99. The van der Waals surface area contributed by atoms with Crippen molar-refractivity contribution in [2.75, 3.05) is 6.61 Å². The first kappa shape index (κ1) is 20.4. The summed E-state index contributed by atoms with van der Waals surface area (Å²) < 4.78 is 5.60. The average Bonchev–Trinajstić information content (AvgIpc) is 3.13. The smallest absolute Gasteiger partial charge is 0.328 e. The van der Waals surface area contributed by atoms with E-state index in [0.29, 0.717) is 18.8 Å². The van der Waals surface area contributed by atoms with E-state index in [-0.39, 0.29) is 0 Å². The van der Waals surface area contributed by atoms with Crippen LogP contribution in [0.5, 0.6) is 5.75 Å². The molecule has 0 amide bonds. The highest BCUT2D eigenvalue weighted by Gasteiger charge is 1.96. The van der Waals surface area contributed by atoms with E-state index in [4.69, 9.17) is 20.2 Å². The summed E-state index contributed by atoms with van der Waals surface area (Å²) in [4.78, 5) is 26.1. The lowest BCUT2D eigenvalue weighted by molar-refractivity contribution is -0.134. The molecule has 1 aromatic carbocycles. The Balaban J connectivity index is 0.000000359. The second-order valence-electron chi connectivity index (χ2n) is 4.85. The standard InChI is InChI=1S/C13H15N3O2.C4H4O4/c17-16-8-11-3-5-13(6-4-11)18-7-1-2-12-9-14-10-15-12;5-3(6)1-2-4(7)8/h3-6,8-10,17H,1-2,7H2,(H,14,15);1-2H,(H,5,6)(H,7,8)/b16-8+;2-1-. The van der Waals surface area contributed by atoms with Crippen LogP contribution in [0.4, 0.5) is 0 Å². The van der Waals surface area contributed by atoms with Gasteiger partial charge in [0.1, 0.15) is 5.75 Å². The molecule has 9 heteroatoms. The molecule has 4 N–H and O–H groups in total. The largest absolute Gasteiger partial charge is 0.494 e. The summed E-state index contributed by atoms with van der Waals surface area (Å²) in [5.41, 5.74) is 1.95. The van der Waals surface area contributed by atoms with Crippen LogP contribution in [0, 0.1) is 0 Å². The highest BCUT2D eigenvalue weighted by atomic mass is 16.5. The van der Waals surface area contributed by atoms with Gasteiger partial charge in [0.2, 0.25) is 0 Å². The number of aliphatic carboxylic acids is 2. The van der Waals surface area contributed by atoms with Crippen molar-refractivity contribution in [3.63, 3.8) is 0 Å². The summed E-state index contributed by atoms with van der Waals surface area (Å²) in [6, 6.07) is 7.38. The van der Waals surface area contributed by atoms with Gasteiger partial charge in [0.15, 0.2) is 0 Å². The summed E-state index contributed by atoms with van der Waals surface area (Å²) in [7, 11) is 0. The molecule has 9 nitrogen and oxygen atoms in total. The Bertz CT molecular complexity index is 707. The lowest BCUT2D eigenvalue weighted by atomic mass is 10.2. The second-order valence-corrected chi connectivity index (χ2v) is 4.85. The van der Waals surface area contributed by atoms with Crippen LogP contribution in [-0.2, 0) is 16.0 Å². The minimum absolute atomic E-state index is 0.558. The zero-order valence-electron chi connectivity index (χ0n) is 13.8. The van der Waals surface area contributed by atoms with E-state index in [1.165, 1.54) is 6.21 Å². The fraction of sp³-hybridized carbons (Fsp3) is 0.176. The van der Waals surface area contributed by atoms with Gasteiger partial charge in [-0.3, -0.25) is 0 Å². The molecular formula is C17H19N3O6. The molecule has 1 aromatic heterocycles. The Labute approximate surface area is 149 Å². The molecule has 138 valence electrons. The number of imidazole rings is 1. The number of carboxylic acid groups (broad SMARTS) is 2. The zero-order valence-corrected chi connectivity index (χ0v) is 13.8. The Morgan fingerprint density at radius 3 is 2.31 bits per heavy atom. The molecule has 0 saturated heterocycles. The van der Waals surface area contributed by atoms with E-state index in [9.17, 15) is 9.59 Å². The predicted octanol–water partition coefficient (Wildman–Crippen LogP) is 1.94. The Kier molecular flexibility index (Phi) is 9.31. The van der Waals surface area contributed by atoms with E-state index >= 15 is 0 Å². The number of aryl methyl sites for hydroxylation is 1. The SMILES string of the molecule is O/N=C/c1ccc(OCCCc2cnc[nH]2)cc1.O=C(O)/C=C\C(=O)O. The van der Waals surface area contributed by atoms with Crippen molar-refractivity contribution in [1.82, 2.24) is 9.97 Å². The van der Waals surface area contributed by atoms with Crippen molar-refractivity contribution in [1.29, 1.82) is 0 Å². The van der Waals surface area contributed by atoms with Gasteiger partial charge in [-0.25, -0.2) is 14.6 Å². The van der Waals surface area contributed by atoms with Crippen LogP contribution in [0.25, 0.3) is 0 Å². The molecule has 0 bridgehead atoms. The number of nitrogens with zero attached hydrogens (tertiary/aromatic N) is 2. The first-order chi connectivity index (χ1) is 12.5. The molecule has 2 aromatic rings. The van der Waals surface area contributed by atoms with Crippen molar-refractivity contribution in [3.8, 4) is 5.75 Å². The van der Waals surface area contributed by atoms with Crippen LogP contribution in [0.3, 0.4) is 0 Å². The van der Waals surface area contributed by atoms with Gasteiger partial charge in [-0.1, -0.05) is 5.16 Å². The van der Waals surface area contributed by atoms with E-state index in [0.717, 1.165) is 29.8 Å². The fourth-order valence-electron chi connectivity index (χ4n) is 1.73. The van der Waals surface area contributed by atoms with Crippen molar-refractivity contribution in [2.24, 2.45) is 5.16 Å². The third-order valence-electron chi connectivity index (χ3n) is 2.87. The molecular weight excluding hydrogens is 342 g/mol. The summed E-state index contributed by atoms with van der Waals surface area (Å²) >= 11 is 0. The number of ether oxygens (including phenoxy) is 1. The van der Waals surface area contributed by atoms with Gasteiger partial charge in [-0.15, -0.1) is 0 Å². The number of H-pyrrole nitrogens is 1. The molecule has 0 radical (unpaired) electrons. The number of oxime groups is 1. The number of aromatic amines is 1. The van der Waals surface area contributed by atoms with Crippen LogP contribution in [-0.4, -0.2) is 50.1 Å². The van der Waals surface area contributed by atoms with Crippen molar-refractivity contribution in [3.05, 3.63) is 60.2 Å². The summed E-state index contributed by atoms with van der Waals surface area (Å²) in [5, 5.41) is 27.0. The molecule has 0 saturated carbocycles. The van der Waals surface area contributed by atoms with Crippen LogP contribution >= 0.6 is 0 Å². The molecule has 1 heterocycles. The molecule has 0 fully saturated rings.